The molecule has 3 atom stereocenters. The highest BCUT2D eigenvalue weighted by molar-refractivity contribution is 5.99. The lowest BCUT2D eigenvalue weighted by molar-refractivity contribution is -0.131. The molecule has 31 heavy (non-hydrogen) atoms. The minimum absolute atomic E-state index is 0.113. The van der Waals surface area contributed by atoms with Crippen molar-refractivity contribution in [2.75, 3.05) is 6.61 Å². The van der Waals surface area contributed by atoms with Crippen molar-refractivity contribution in [3.05, 3.63) is 60.2 Å². The van der Waals surface area contributed by atoms with Gasteiger partial charge in [0, 0.05) is 18.8 Å². The number of Topliss-reactive ketones (excluding diaryl/α,β-unsaturated/α-hetero) is 1. The molecule has 8 heteroatoms. The molecule has 1 saturated heterocycles. The van der Waals surface area contributed by atoms with Crippen LogP contribution in [0.3, 0.4) is 0 Å². The van der Waals surface area contributed by atoms with Gasteiger partial charge in [-0.15, -0.1) is 0 Å². The van der Waals surface area contributed by atoms with E-state index in [1.54, 1.807) is 6.92 Å². The first-order valence-electron chi connectivity index (χ1n) is 10.4. The number of epoxide rings is 1. The minimum Gasteiger partial charge on any atom is -0.361 e. The van der Waals surface area contributed by atoms with Gasteiger partial charge in [-0.25, -0.2) is 4.98 Å². The summed E-state index contributed by atoms with van der Waals surface area (Å²) in [5.74, 6) is -0.885. The van der Waals surface area contributed by atoms with E-state index in [-0.39, 0.29) is 23.8 Å². The molecule has 1 unspecified atom stereocenters. The minimum atomic E-state index is -0.882. The van der Waals surface area contributed by atoms with Crippen LogP contribution in [0.2, 0.25) is 0 Å². The number of carbonyl (C=O) groups is 3. The van der Waals surface area contributed by atoms with Crippen LogP contribution >= 0.6 is 0 Å². The Morgan fingerprint density at radius 1 is 1.10 bits per heavy atom. The second-order valence-corrected chi connectivity index (χ2v) is 8.38. The van der Waals surface area contributed by atoms with Crippen LogP contribution in [-0.2, 0) is 20.7 Å². The smallest absolute Gasteiger partial charge is 0.272 e. The van der Waals surface area contributed by atoms with Crippen LogP contribution in [0.5, 0.6) is 0 Å². The second-order valence-electron chi connectivity index (χ2n) is 8.38. The fourth-order valence-electron chi connectivity index (χ4n) is 3.30. The summed E-state index contributed by atoms with van der Waals surface area (Å²) in [6.45, 7) is 6.05. The number of amides is 2. The number of rotatable bonds is 10. The number of nitrogens with zero attached hydrogens (tertiary/aromatic N) is 2. The highest BCUT2D eigenvalue weighted by Crippen LogP contribution is 2.29. The maximum absolute atomic E-state index is 13.2. The molecular weight excluding hydrogens is 396 g/mol. The van der Waals surface area contributed by atoms with Crippen molar-refractivity contribution < 1.29 is 19.1 Å². The molecule has 0 saturated carbocycles. The van der Waals surface area contributed by atoms with E-state index in [4.69, 9.17) is 4.74 Å². The normalized spacial score (nSPS) is 19.4. The summed E-state index contributed by atoms with van der Waals surface area (Å²) in [7, 11) is 0. The number of carbonyl (C=O) groups excluding carboxylic acids is 3. The SMILES string of the molecule is CC(C)C[C@H](NC(=O)[C@H](Cc1ccccc1)NC(=O)c1cnccn1)C(=O)C1(C)CO1. The van der Waals surface area contributed by atoms with E-state index in [1.165, 1.54) is 18.6 Å². The number of nitrogens with one attached hydrogen (secondary N) is 2. The second kappa shape index (κ2) is 9.78. The summed E-state index contributed by atoms with van der Waals surface area (Å²) in [5, 5.41) is 5.59. The molecule has 2 heterocycles. The van der Waals surface area contributed by atoms with E-state index >= 15 is 0 Å². The molecule has 8 nitrogen and oxygen atoms in total. The summed E-state index contributed by atoms with van der Waals surface area (Å²) in [6, 6.07) is 7.80. The van der Waals surface area contributed by atoms with Gasteiger partial charge in [0.05, 0.1) is 18.8 Å². The zero-order valence-corrected chi connectivity index (χ0v) is 18.0. The predicted molar refractivity (Wildman–Crippen MR) is 114 cm³/mol. The number of benzene rings is 1. The van der Waals surface area contributed by atoms with E-state index < -0.39 is 29.5 Å². The molecule has 1 aromatic heterocycles. The van der Waals surface area contributed by atoms with Gasteiger partial charge in [0.15, 0.2) is 5.78 Å². The fourth-order valence-corrected chi connectivity index (χ4v) is 3.30. The van der Waals surface area contributed by atoms with Gasteiger partial charge < -0.3 is 15.4 Å². The molecule has 0 radical (unpaired) electrons. The Balaban J connectivity index is 1.78. The molecule has 0 aliphatic carbocycles. The van der Waals surface area contributed by atoms with E-state index in [9.17, 15) is 14.4 Å². The number of ether oxygens (including phenoxy) is 1. The van der Waals surface area contributed by atoms with Crippen molar-refractivity contribution in [1.82, 2.24) is 20.6 Å². The van der Waals surface area contributed by atoms with Gasteiger partial charge in [-0.1, -0.05) is 44.2 Å². The molecule has 1 aliphatic rings. The van der Waals surface area contributed by atoms with Gasteiger partial charge in [0.1, 0.15) is 17.3 Å². The van der Waals surface area contributed by atoms with Gasteiger partial charge in [0.25, 0.3) is 5.91 Å². The maximum Gasteiger partial charge on any atom is 0.272 e. The van der Waals surface area contributed by atoms with Crippen LogP contribution in [0.25, 0.3) is 0 Å². The molecule has 0 bridgehead atoms. The van der Waals surface area contributed by atoms with Crippen LogP contribution in [0.1, 0.15) is 43.2 Å². The van der Waals surface area contributed by atoms with E-state index in [0.29, 0.717) is 13.0 Å². The third-order valence-corrected chi connectivity index (χ3v) is 5.14. The summed E-state index contributed by atoms with van der Waals surface area (Å²) in [4.78, 5) is 46.6. The summed E-state index contributed by atoms with van der Waals surface area (Å²) in [5.41, 5.74) is 0.151. The van der Waals surface area contributed by atoms with Gasteiger partial charge in [-0.05, 0) is 24.8 Å². The standard InChI is InChI=1S/C23H28N4O4/c1-15(2)11-17(20(28)23(3)14-31-23)26-21(29)18(12-16-7-5-4-6-8-16)27-22(30)19-13-24-9-10-25-19/h4-10,13,15,17-18H,11-12,14H2,1-3H3,(H,26,29)(H,27,30)/t17-,18-,23?/m0/s1. The Bertz CT molecular complexity index is 914. The molecule has 164 valence electrons. The third kappa shape index (κ3) is 6.18. The van der Waals surface area contributed by atoms with Crippen molar-refractivity contribution in [1.29, 1.82) is 0 Å². The largest absolute Gasteiger partial charge is 0.361 e. The molecule has 2 amide bonds. The molecule has 2 N–H and O–H groups in total. The molecule has 1 aliphatic heterocycles. The van der Waals surface area contributed by atoms with Crippen LogP contribution in [0.4, 0.5) is 0 Å². The zero-order chi connectivity index (χ0) is 22.4. The van der Waals surface area contributed by atoms with Crippen molar-refractivity contribution >= 4 is 17.6 Å². The Hall–Kier alpha value is -3.13. The van der Waals surface area contributed by atoms with Crippen molar-refractivity contribution in [3.63, 3.8) is 0 Å². The highest BCUT2D eigenvalue weighted by atomic mass is 16.6. The first kappa shape index (κ1) is 22.6. The molecule has 1 fully saturated rings. The molecule has 1 aromatic carbocycles. The lowest BCUT2D eigenvalue weighted by atomic mass is 9.93. The zero-order valence-electron chi connectivity index (χ0n) is 18.0. The summed E-state index contributed by atoms with van der Waals surface area (Å²) >= 11 is 0. The topological polar surface area (TPSA) is 114 Å². The maximum atomic E-state index is 13.2. The van der Waals surface area contributed by atoms with Crippen LogP contribution < -0.4 is 10.6 Å². The Kier molecular flexibility index (Phi) is 7.12. The molecular formula is C23H28N4O4. The van der Waals surface area contributed by atoms with Gasteiger partial charge in [-0.3, -0.25) is 19.4 Å². The number of ketones is 1. The summed E-state index contributed by atoms with van der Waals surface area (Å²) in [6.07, 6.45) is 4.97. The van der Waals surface area contributed by atoms with Crippen molar-refractivity contribution in [2.45, 2.75) is 51.3 Å². The fraction of sp³-hybridized carbons (Fsp3) is 0.435. The predicted octanol–water partition coefficient (Wildman–Crippen LogP) is 1.71. The lowest BCUT2D eigenvalue weighted by Gasteiger charge is -2.25. The number of hydrogen-bond donors (Lipinski definition) is 2. The van der Waals surface area contributed by atoms with Crippen molar-refractivity contribution in [3.8, 4) is 0 Å². The average molecular weight is 425 g/mol. The number of aromatic nitrogens is 2. The lowest BCUT2D eigenvalue weighted by Crippen LogP contribution is -2.54. The molecule has 3 rings (SSSR count). The van der Waals surface area contributed by atoms with Crippen LogP contribution in [0.15, 0.2) is 48.9 Å². The van der Waals surface area contributed by atoms with Gasteiger partial charge in [0.2, 0.25) is 5.91 Å². The highest BCUT2D eigenvalue weighted by Gasteiger charge is 2.50. The molecule has 2 aromatic rings. The summed E-state index contributed by atoms with van der Waals surface area (Å²) < 4.78 is 5.29. The number of hydrogen-bond acceptors (Lipinski definition) is 6. The Morgan fingerprint density at radius 2 is 1.81 bits per heavy atom. The van der Waals surface area contributed by atoms with E-state index in [1.807, 2.05) is 44.2 Å². The first-order chi connectivity index (χ1) is 14.8. The molecule has 0 spiro atoms. The van der Waals surface area contributed by atoms with Gasteiger partial charge >= 0.3 is 0 Å². The first-order valence-corrected chi connectivity index (χ1v) is 10.4. The Labute approximate surface area is 181 Å². The van der Waals surface area contributed by atoms with Crippen molar-refractivity contribution in [2.24, 2.45) is 5.92 Å². The van der Waals surface area contributed by atoms with E-state index in [2.05, 4.69) is 20.6 Å². The van der Waals surface area contributed by atoms with Crippen LogP contribution in [-0.4, -0.2) is 51.9 Å². The quantitative estimate of drug-likeness (QED) is 0.561. The third-order valence-electron chi connectivity index (χ3n) is 5.14. The monoisotopic (exact) mass is 424 g/mol. The Morgan fingerprint density at radius 3 is 2.39 bits per heavy atom. The van der Waals surface area contributed by atoms with Gasteiger partial charge in [-0.2, -0.15) is 0 Å². The van der Waals surface area contributed by atoms with E-state index in [0.717, 1.165) is 5.56 Å². The van der Waals surface area contributed by atoms with Crippen LogP contribution in [0, 0.1) is 5.92 Å². The average Bonchev–Trinajstić information content (AvgIpc) is 3.51.